The Hall–Kier alpha value is -3.73. The molecular formula is C15H17FN8O7. The Morgan fingerprint density at radius 1 is 1.26 bits per heavy atom. The molecule has 1 aliphatic heterocycles. The highest BCUT2D eigenvalue weighted by Gasteiger charge is 2.44. The van der Waals surface area contributed by atoms with Crippen molar-refractivity contribution in [3.63, 3.8) is 0 Å². The van der Waals surface area contributed by atoms with Crippen LogP contribution in [0.2, 0.25) is 0 Å². The number of carbonyl (C=O) groups excluding carboxylic acids is 1. The van der Waals surface area contributed by atoms with Gasteiger partial charge in [0.15, 0.2) is 23.1 Å². The van der Waals surface area contributed by atoms with Crippen LogP contribution in [-0.2, 0) is 4.74 Å². The zero-order valence-electron chi connectivity index (χ0n) is 15.5. The fraction of sp³-hybridized carbons (Fsp3) is 0.333. The highest BCUT2D eigenvalue weighted by Crippen LogP contribution is 2.30. The molecule has 166 valence electrons. The van der Waals surface area contributed by atoms with Crippen molar-refractivity contribution in [2.75, 3.05) is 12.3 Å². The van der Waals surface area contributed by atoms with Crippen LogP contribution >= 0.6 is 0 Å². The van der Waals surface area contributed by atoms with Crippen LogP contribution in [0.4, 0.5) is 10.3 Å². The number of imidazole rings is 1. The third-order valence-corrected chi connectivity index (χ3v) is 4.23. The molecule has 1 fully saturated rings. The van der Waals surface area contributed by atoms with Crippen molar-refractivity contribution < 1.29 is 29.2 Å². The summed E-state index contributed by atoms with van der Waals surface area (Å²) in [6.07, 6.45) is -2.47. The minimum Gasteiger partial charge on any atom is -0.394 e. The Morgan fingerprint density at radius 2 is 1.97 bits per heavy atom. The average molecular weight is 440 g/mol. The second kappa shape index (κ2) is 8.56. The number of hydrogen-bond acceptors (Lipinski definition) is 11. The molecule has 1 aliphatic rings. The summed E-state index contributed by atoms with van der Waals surface area (Å²) in [6, 6.07) is 0. The number of primary amides is 1. The van der Waals surface area contributed by atoms with Crippen LogP contribution in [0.3, 0.4) is 0 Å². The number of anilines is 1. The molecule has 0 aliphatic carbocycles. The summed E-state index contributed by atoms with van der Waals surface area (Å²) in [5.74, 6) is -2.10. The highest BCUT2D eigenvalue weighted by atomic mass is 19.1. The van der Waals surface area contributed by atoms with Crippen molar-refractivity contribution in [2.24, 2.45) is 5.73 Å². The SMILES string of the molecule is NC(=O)c1nc(F)c[nH]c1=O.Nc1nc2c(ncn2[C@@H]2O[C@H](CO)[C@@H](O)[C@H]2O)c(=O)[nH]1. The van der Waals surface area contributed by atoms with Gasteiger partial charge in [-0.1, -0.05) is 0 Å². The number of nitrogens with two attached hydrogens (primary N) is 2. The van der Waals surface area contributed by atoms with Crippen LogP contribution in [0.1, 0.15) is 16.7 Å². The number of aromatic nitrogens is 6. The molecule has 0 bridgehead atoms. The van der Waals surface area contributed by atoms with Crippen molar-refractivity contribution in [1.29, 1.82) is 0 Å². The van der Waals surface area contributed by atoms with Gasteiger partial charge in [-0.05, 0) is 0 Å². The lowest BCUT2D eigenvalue weighted by Crippen LogP contribution is -2.33. The van der Waals surface area contributed by atoms with E-state index in [4.69, 9.17) is 21.3 Å². The summed E-state index contributed by atoms with van der Waals surface area (Å²) in [7, 11) is 0. The van der Waals surface area contributed by atoms with Crippen molar-refractivity contribution in [3.8, 4) is 0 Å². The number of nitrogens with zero attached hydrogens (tertiary/aromatic N) is 4. The fourth-order valence-corrected chi connectivity index (χ4v) is 2.79. The summed E-state index contributed by atoms with van der Waals surface area (Å²) in [6.45, 7) is -0.447. The van der Waals surface area contributed by atoms with E-state index >= 15 is 0 Å². The van der Waals surface area contributed by atoms with Crippen LogP contribution < -0.4 is 22.6 Å². The number of nitrogen functional groups attached to an aromatic ring is 1. The van der Waals surface area contributed by atoms with Gasteiger partial charge in [-0.3, -0.25) is 23.9 Å². The first-order valence-corrected chi connectivity index (χ1v) is 8.53. The minimum absolute atomic E-state index is 0.0388. The Labute approximate surface area is 170 Å². The third kappa shape index (κ3) is 4.26. The number of carbonyl (C=O) groups is 1. The van der Waals surface area contributed by atoms with Gasteiger partial charge in [-0.15, -0.1) is 0 Å². The topological polar surface area (TPSA) is 248 Å². The van der Waals surface area contributed by atoms with Gasteiger partial charge in [0.05, 0.1) is 19.1 Å². The van der Waals surface area contributed by atoms with E-state index in [2.05, 4.69) is 19.9 Å². The van der Waals surface area contributed by atoms with Gasteiger partial charge in [-0.25, -0.2) is 9.97 Å². The van der Waals surface area contributed by atoms with E-state index in [1.807, 2.05) is 4.98 Å². The van der Waals surface area contributed by atoms with Crippen LogP contribution in [-0.4, -0.2) is 75.6 Å². The van der Waals surface area contributed by atoms with Crippen molar-refractivity contribution in [2.45, 2.75) is 24.5 Å². The summed E-state index contributed by atoms with van der Waals surface area (Å²) >= 11 is 0. The van der Waals surface area contributed by atoms with Gasteiger partial charge >= 0.3 is 0 Å². The van der Waals surface area contributed by atoms with Gasteiger partial charge < -0.3 is 36.5 Å². The van der Waals surface area contributed by atoms with Crippen LogP contribution in [0.15, 0.2) is 22.1 Å². The number of amides is 1. The molecule has 1 saturated heterocycles. The molecule has 3 aromatic rings. The zero-order valence-corrected chi connectivity index (χ0v) is 15.5. The van der Waals surface area contributed by atoms with Crippen LogP contribution in [0.25, 0.3) is 11.2 Å². The van der Waals surface area contributed by atoms with E-state index in [1.54, 1.807) is 0 Å². The van der Waals surface area contributed by atoms with Gasteiger partial charge in [0.1, 0.15) is 18.3 Å². The molecule has 4 atom stereocenters. The molecule has 4 heterocycles. The number of hydrogen-bond donors (Lipinski definition) is 7. The Bertz CT molecular complexity index is 1220. The smallest absolute Gasteiger partial charge is 0.280 e. The predicted molar refractivity (Wildman–Crippen MR) is 98.9 cm³/mol. The maximum atomic E-state index is 12.2. The van der Waals surface area contributed by atoms with E-state index in [9.17, 15) is 29.0 Å². The number of rotatable bonds is 3. The molecule has 0 radical (unpaired) electrons. The number of aliphatic hydroxyl groups excluding tert-OH is 3. The number of halogens is 1. The number of fused-ring (bicyclic) bond motifs is 1. The van der Waals surface area contributed by atoms with E-state index in [-0.39, 0.29) is 17.1 Å². The van der Waals surface area contributed by atoms with E-state index in [0.29, 0.717) is 0 Å². The number of H-pyrrole nitrogens is 2. The molecule has 0 spiro atoms. The van der Waals surface area contributed by atoms with E-state index in [1.165, 1.54) is 10.9 Å². The summed E-state index contributed by atoms with van der Waals surface area (Å²) < 4.78 is 18.9. The van der Waals surface area contributed by atoms with Gasteiger partial charge in [0, 0.05) is 0 Å². The van der Waals surface area contributed by atoms with Crippen molar-refractivity contribution in [1.82, 2.24) is 29.5 Å². The lowest BCUT2D eigenvalue weighted by molar-refractivity contribution is -0.0511. The standard InChI is InChI=1S/C10H13N5O5.C5H4FN3O2/c11-10-13-7-4(8(19)14-10)12-2-15(7)9-6(18)5(17)3(1-16)20-9;6-2-1-8-5(11)3(9-2)4(7)10/h2-3,5-6,9,16-18H,1H2,(H3,11,13,14,19);1H,(H2,7,10)(H,8,11)/t3-,5-,6-,9-;/m1./s1. The first-order chi connectivity index (χ1) is 14.6. The first kappa shape index (κ1) is 22.0. The quantitative estimate of drug-likeness (QED) is 0.209. The molecular weight excluding hydrogens is 423 g/mol. The maximum absolute atomic E-state index is 12.2. The second-order valence-electron chi connectivity index (χ2n) is 6.27. The number of aliphatic hydroxyl groups is 3. The summed E-state index contributed by atoms with van der Waals surface area (Å²) in [5.41, 5.74) is 8.40. The lowest BCUT2D eigenvalue weighted by Gasteiger charge is -2.16. The average Bonchev–Trinajstić information content (AvgIpc) is 3.25. The van der Waals surface area contributed by atoms with Gasteiger partial charge in [0.25, 0.3) is 17.0 Å². The largest absolute Gasteiger partial charge is 0.394 e. The summed E-state index contributed by atoms with van der Waals surface area (Å²) in [4.78, 5) is 47.7. The second-order valence-corrected chi connectivity index (χ2v) is 6.27. The molecule has 0 saturated carbocycles. The Morgan fingerprint density at radius 3 is 2.55 bits per heavy atom. The van der Waals surface area contributed by atoms with E-state index in [0.717, 1.165) is 6.20 Å². The van der Waals surface area contributed by atoms with Crippen LogP contribution in [0, 0.1) is 5.95 Å². The number of aromatic amines is 2. The monoisotopic (exact) mass is 440 g/mol. The highest BCUT2D eigenvalue weighted by molar-refractivity contribution is 5.90. The molecule has 15 nitrogen and oxygen atoms in total. The number of ether oxygens (including phenoxy) is 1. The van der Waals surface area contributed by atoms with Gasteiger partial charge in [0.2, 0.25) is 11.9 Å². The zero-order chi connectivity index (χ0) is 22.9. The predicted octanol–water partition coefficient (Wildman–Crippen LogP) is -3.68. The maximum Gasteiger partial charge on any atom is 0.280 e. The molecule has 0 aromatic carbocycles. The molecule has 9 N–H and O–H groups in total. The Kier molecular flexibility index (Phi) is 6.07. The third-order valence-electron chi connectivity index (χ3n) is 4.23. The first-order valence-electron chi connectivity index (χ1n) is 8.53. The molecule has 4 rings (SSSR count). The fourth-order valence-electron chi connectivity index (χ4n) is 2.79. The van der Waals surface area contributed by atoms with Crippen molar-refractivity contribution >= 4 is 23.0 Å². The summed E-state index contributed by atoms with van der Waals surface area (Å²) in [5, 5.41) is 28.7. The molecule has 31 heavy (non-hydrogen) atoms. The van der Waals surface area contributed by atoms with Gasteiger partial charge in [-0.2, -0.15) is 9.37 Å². The molecule has 1 amide bonds. The lowest BCUT2D eigenvalue weighted by atomic mass is 10.1. The normalized spacial score (nSPS) is 22.8. The molecule has 0 unspecified atom stereocenters. The van der Waals surface area contributed by atoms with Crippen LogP contribution in [0.5, 0.6) is 0 Å². The van der Waals surface area contributed by atoms with Crippen molar-refractivity contribution in [3.05, 3.63) is 44.9 Å². The number of nitrogens with one attached hydrogen (secondary N) is 2. The Balaban J connectivity index is 0.000000210. The minimum atomic E-state index is -1.29. The van der Waals surface area contributed by atoms with E-state index < -0.39 is 59.8 Å². The molecule has 16 heteroatoms. The molecule has 3 aromatic heterocycles.